The van der Waals surface area contributed by atoms with Gasteiger partial charge in [-0.25, -0.2) is 32.6 Å². The lowest BCUT2D eigenvalue weighted by Gasteiger charge is -2.24. The highest BCUT2D eigenvalue weighted by molar-refractivity contribution is 7.88. The van der Waals surface area contributed by atoms with Gasteiger partial charge in [0.15, 0.2) is 0 Å². The van der Waals surface area contributed by atoms with Crippen LogP contribution in [0.2, 0.25) is 0 Å². The summed E-state index contributed by atoms with van der Waals surface area (Å²) in [5.41, 5.74) is 3.07. The van der Waals surface area contributed by atoms with Gasteiger partial charge < -0.3 is 10.6 Å². The van der Waals surface area contributed by atoms with Crippen molar-refractivity contribution in [1.29, 1.82) is 0 Å². The van der Waals surface area contributed by atoms with E-state index in [1.165, 1.54) is 31.5 Å². The number of hydrogen-bond donors (Lipinski definition) is 3. The Bertz CT molecular complexity index is 1390. The number of halogens is 2. The minimum atomic E-state index is -3.78. The summed E-state index contributed by atoms with van der Waals surface area (Å²) >= 11 is 0. The zero-order valence-corrected chi connectivity index (χ0v) is 22.3. The Morgan fingerprint density at radius 2 is 1.92 bits per heavy atom. The number of allylic oxidation sites excluding steroid dienone is 2. The maximum absolute atomic E-state index is 14.4. The molecule has 13 heteroatoms. The first-order valence-corrected chi connectivity index (χ1v) is 13.5. The molecule has 3 rings (SSSR count). The second kappa shape index (κ2) is 12.1. The number of likely N-dealkylation sites (N-methyl/N-ethyl adjacent to an activating group) is 1. The Balaban J connectivity index is 2.03. The van der Waals surface area contributed by atoms with Crippen LogP contribution in [-0.4, -0.2) is 48.5 Å². The van der Waals surface area contributed by atoms with E-state index in [4.69, 9.17) is 4.84 Å². The maximum Gasteiger partial charge on any atom is 0.278 e. The number of carbonyl (C=O) groups is 1. The van der Waals surface area contributed by atoms with Crippen LogP contribution in [-0.2, 0) is 14.9 Å². The van der Waals surface area contributed by atoms with E-state index in [-0.39, 0.29) is 53.1 Å². The SMILES string of the molecule is C=C(/C=C(\C(=C/F)Nc1cc(Nc2cc(C)c(F)cn2)ncc1C(=O)NOCC)N(C)S(C)(=O)=O)C1CC1. The van der Waals surface area contributed by atoms with Gasteiger partial charge in [0.2, 0.25) is 10.0 Å². The third-order valence-electron chi connectivity index (χ3n) is 5.68. The normalized spacial score (nSPS) is 14.2. The van der Waals surface area contributed by atoms with Crippen molar-refractivity contribution in [3.05, 3.63) is 77.4 Å². The van der Waals surface area contributed by atoms with Gasteiger partial charge in [-0.15, -0.1) is 0 Å². The van der Waals surface area contributed by atoms with Crippen molar-refractivity contribution in [3.63, 3.8) is 0 Å². The number of pyridine rings is 2. The van der Waals surface area contributed by atoms with E-state index < -0.39 is 21.7 Å². The van der Waals surface area contributed by atoms with Crippen molar-refractivity contribution in [2.75, 3.05) is 30.5 Å². The Morgan fingerprint density at radius 3 is 2.50 bits per heavy atom. The predicted octanol–water partition coefficient (Wildman–Crippen LogP) is 4.31. The van der Waals surface area contributed by atoms with Gasteiger partial charge in [0.1, 0.15) is 23.8 Å². The molecule has 0 aromatic carbocycles. The number of sulfonamides is 1. The van der Waals surface area contributed by atoms with E-state index >= 15 is 0 Å². The summed E-state index contributed by atoms with van der Waals surface area (Å²) in [6.45, 7) is 7.44. The molecule has 0 radical (unpaired) electrons. The van der Waals surface area contributed by atoms with Crippen LogP contribution < -0.4 is 16.1 Å². The monoisotopic (exact) mass is 548 g/mol. The van der Waals surface area contributed by atoms with Gasteiger partial charge in [0.25, 0.3) is 5.91 Å². The molecule has 3 N–H and O–H groups in total. The average molecular weight is 549 g/mol. The minimum absolute atomic E-state index is 0.00906. The largest absolute Gasteiger partial charge is 0.351 e. The molecule has 0 bridgehead atoms. The van der Waals surface area contributed by atoms with Gasteiger partial charge in [0, 0.05) is 19.3 Å². The molecule has 204 valence electrons. The molecule has 1 fully saturated rings. The van der Waals surface area contributed by atoms with Crippen LogP contribution >= 0.6 is 0 Å². The molecule has 1 aliphatic carbocycles. The molecule has 10 nitrogen and oxygen atoms in total. The Morgan fingerprint density at radius 1 is 1.26 bits per heavy atom. The summed E-state index contributed by atoms with van der Waals surface area (Å²) in [4.78, 5) is 25.9. The van der Waals surface area contributed by atoms with E-state index in [2.05, 4.69) is 32.7 Å². The molecule has 1 aliphatic rings. The smallest absolute Gasteiger partial charge is 0.278 e. The second-order valence-corrected chi connectivity index (χ2v) is 10.7. The molecule has 0 aliphatic heterocycles. The summed E-state index contributed by atoms with van der Waals surface area (Å²) < 4.78 is 53.6. The van der Waals surface area contributed by atoms with E-state index in [1.54, 1.807) is 13.8 Å². The fourth-order valence-electron chi connectivity index (χ4n) is 3.30. The van der Waals surface area contributed by atoms with Crippen molar-refractivity contribution in [2.45, 2.75) is 26.7 Å². The molecule has 38 heavy (non-hydrogen) atoms. The molecule has 0 saturated heterocycles. The third kappa shape index (κ3) is 7.35. The van der Waals surface area contributed by atoms with Crippen LogP contribution in [0.15, 0.2) is 60.5 Å². The first-order chi connectivity index (χ1) is 17.9. The summed E-state index contributed by atoms with van der Waals surface area (Å²) in [6.07, 6.45) is 6.78. The lowest BCUT2D eigenvalue weighted by Crippen LogP contribution is -2.29. The summed E-state index contributed by atoms with van der Waals surface area (Å²) in [6, 6.07) is 2.87. The minimum Gasteiger partial charge on any atom is -0.351 e. The molecule has 0 unspecified atom stereocenters. The Hall–Kier alpha value is -3.84. The number of hydroxylamine groups is 1. The van der Waals surface area contributed by atoms with Gasteiger partial charge in [-0.3, -0.25) is 13.9 Å². The van der Waals surface area contributed by atoms with Gasteiger partial charge in [-0.2, -0.15) is 0 Å². The van der Waals surface area contributed by atoms with Crippen LogP contribution in [0, 0.1) is 18.7 Å². The van der Waals surface area contributed by atoms with E-state index in [0.29, 0.717) is 11.1 Å². The highest BCUT2D eigenvalue weighted by Crippen LogP contribution is 2.37. The van der Waals surface area contributed by atoms with Crippen LogP contribution in [0.5, 0.6) is 0 Å². The molecular weight excluding hydrogens is 518 g/mol. The fourth-order valence-corrected chi connectivity index (χ4v) is 3.80. The molecule has 1 amide bonds. The molecular formula is C25H30F2N6O4S. The zero-order chi connectivity index (χ0) is 28.0. The van der Waals surface area contributed by atoms with Crippen LogP contribution in [0.1, 0.15) is 35.7 Å². The number of nitrogens with one attached hydrogen (secondary N) is 3. The zero-order valence-electron chi connectivity index (χ0n) is 21.5. The van der Waals surface area contributed by atoms with Crippen molar-refractivity contribution in [1.82, 2.24) is 19.8 Å². The second-order valence-electron chi connectivity index (χ2n) is 8.68. The quantitative estimate of drug-likeness (QED) is 0.265. The standard InChI is InChI=1S/C25H30F2N6O4S/c1-6-37-32-25(34)18-13-28-24(31-23-10-16(3)19(27)14-29-23)11-20(18)30-21(12-26)22(33(4)38(5,35)36)9-15(2)17-7-8-17/h9-14,17H,2,6-8H2,1,3-5H3,(H,32,34)(H2,28,29,30,31)/b21-12+,22-9+. The van der Waals surface area contributed by atoms with E-state index in [0.717, 1.165) is 29.6 Å². The number of aryl methyl sites for hydroxylation is 1. The number of rotatable bonds is 12. The summed E-state index contributed by atoms with van der Waals surface area (Å²) in [7, 11) is -2.49. The molecule has 1 saturated carbocycles. The predicted molar refractivity (Wildman–Crippen MR) is 141 cm³/mol. The van der Waals surface area contributed by atoms with Crippen molar-refractivity contribution in [2.24, 2.45) is 5.92 Å². The number of carbonyl (C=O) groups excluding carboxylic acids is 1. The van der Waals surface area contributed by atoms with Crippen molar-refractivity contribution < 1.29 is 26.8 Å². The highest BCUT2D eigenvalue weighted by Gasteiger charge is 2.27. The first kappa shape index (κ1) is 28.7. The number of amides is 1. The molecule has 0 spiro atoms. The number of nitrogens with zero attached hydrogens (tertiary/aromatic N) is 3. The van der Waals surface area contributed by atoms with Gasteiger partial charge in [-0.05, 0) is 55.9 Å². The Labute approximate surface area is 220 Å². The molecule has 2 aromatic heterocycles. The van der Waals surface area contributed by atoms with Crippen molar-refractivity contribution in [3.8, 4) is 0 Å². The Kier molecular flexibility index (Phi) is 9.17. The highest BCUT2D eigenvalue weighted by atomic mass is 32.2. The summed E-state index contributed by atoms with van der Waals surface area (Å²) in [5, 5.41) is 5.72. The van der Waals surface area contributed by atoms with Gasteiger partial charge in [-0.1, -0.05) is 6.58 Å². The van der Waals surface area contributed by atoms with E-state index in [1.807, 2.05) is 0 Å². The van der Waals surface area contributed by atoms with Crippen LogP contribution in [0.25, 0.3) is 0 Å². The van der Waals surface area contributed by atoms with Gasteiger partial charge >= 0.3 is 0 Å². The summed E-state index contributed by atoms with van der Waals surface area (Å²) in [5.74, 6) is -0.482. The number of anilines is 3. The van der Waals surface area contributed by atoms with Gasteiger partial charge in [0.05, 0.1) is 41.7 Å². The van der Waals surface area contributed by atoms with Crippen LogP contribution in [0.3, 0.4) is 0 Å². The molecule has 2 heterocycles. The van der Waals surface area contributed by atoms with Crippen LogP contribution in [0.4, 0.5) is 26.1 Å². The maximum atomic E-state index is 14.4. The fraction of sp³-hybridized carbons (Fsp3) is 0.320. The lowest BCUT2D eigenvalue weighted by molar-refractivity contribution is 0.0365. The van der Waals surface area contributed by atoms with Crippen molar-refractivity contribution >= 4 is 33.3 Å². The number of hydrogen-bond acceptors (Lipinski definition) is 8. The topological polar surface area (TPSA) is 126 Å². The number of aromatic nitrogens is 2. The lowest BCUT2D eigenvalue weighted by atomic mass is 10.1. The molecule has 0 atom stereocenters. The molecule has 2 aromatic rings. The average Bonchev–Trinajstić information content (AvgIpc) is 3.71. The first-order valence-electron chi connectivity index (χ1n) is 11.7. The third-order valence-corrected chi connectivity index (χ3v) is 6.87. The van der Waals surface area contributed by atoms with E-state index in [9.17, 15) is 22.0 Å².